The maximum Gasteiger partial charge on any atom is 0.418 e. The van der Waals surface area contributed by atoms with E-state index in [-0.39, 0.29) is 21.7 Å². The van der Waals surface area contributed by atoms with Gasteiger partial charge in [-0.1, -0.05) is 0 Å². The number of anilines is 1. The van der Waals surface area contributed by atoms with Crippen LogP contribution >= 0.6 is 22.6 Å². The third-order valence-corrected chi connectivity index (χ3v) is 6.78. The Labute approximate surface area is 180 Å². The number of hydrogen-bond acceptors (Lipinski definition) is 5. The van der Waals surface area contributed by atoms with E-state index in [0.717, 1.165) is 35.9 Å². The highest BCUT2D eigenvalue weighted by Gasteiger charge is 2.43. The number of halogens is 4. The Balaban J connectivity index is 1.47. The summed E-state index contributed by atoms with van der Waals surface area (Å²) in [5, 5.41) is 10.8. The number of aliphatic hydroxyl groups is 1. The van der Waals surface area contributed by atoms with Gasteiger partial charge in [-0.3, -0.25) is 9.79 Å². The van der Waals surface area contributed by atoms with Crippen molar-refractivity contribution < 1.29 is 23.1 Å². The second-order valence-electron chi connectivity index (χ2n) is 8.13. The number of rotatable bonds is 2. The number of pyridine rings is 1. The molecule has 156 valence electrons. The van der Waals surface area contributed by atoms with Gasteiger partial charge in [0, 0.05) is 52.9 Å². The number of aliphatic imine (C=N–C) groups is 1. The average Bonchev–Trinajstić information content (AvgIpc) is 3.05. The maximum atomic E-state index is 13.0. The molecule has 29 heavy (non-hydrogen) atoms. The highest BCUT2D eigenvalue weighted by atomic mass is 127. The zero-order valence-electron chi connectivity index (χ0n) is 15.9. The lowest BCUT2D eigenvalue weighted by Crippen LogP contribution is -2.42. The molecule has 1 saturated heterocycles. The normalized spacial score (nSPS) is 26.1. The molecule has 1 aliphatic carbocycles. The molecule has 1 unspecified atom stereocenters. The summed E-state index contributed by atoms with van der Waals surface area (Å²) in [5.41, 5.74) is 0.806. The summed E-state index contributed by atoms with van der Waals surface area (Å²) in [5.74, 6) is 0.763. The zero-order valence-corrected chi connectivity index (χ0v) is 18.0. The van der Waals surface area contributed by atoms with Crippen molar-refractivity contribution >= 4 is 39.9 Å². The van der Waals surface area contributed by atoms with Gasteiger partial charge in [-0.05, 0) is 54.0 Å². The fraction of sp³-hybridized carbons (Fsp3) is 0.550. The van der Waals surface area contributed by atoms with Gasteiger partial charge in [0.1, 0.15) is 11.6 Å². The van der Waals surface area contributed by atoms with E-state index in [9.17, 15) is 23.1 Å². The number of hydrogen-bond donors (Lipinski definition) is 1. The molecule has 9 heteroatoms. The summed E-state index contributed by atoms with van der Waals surface area (Å²) in [7, 11) is 0. The summed E-state index contributed by atoms with van der Waals surface area (Å²) in [6, 6.07) is 1.48. The summed E-state index contributed by atoms with van der Waals surface area (Å²) < 4.78 is 39.0. The molecule has 1 aromatic heterocycles. The Hall–Kier alpha value is -1.49. The first kappa shape index (κ1) is 20.8. The molecule has 3 heterocycles. The van der Waals surface area contributed by atoms with Gasteiger partial charge < -0.3 is 10.0 Å². The smallest absolute Gasteiger partial charge is 0.385 e. The number of aromatic nitrogens is 1. The number of carbonyl (C=O) groups is 1. The Morgan fingerprint density at radius 3 is 2.62 bits per heavy atom. The van der Waals surface area contributed by atoms with Crippen LogP contribution in [0.3, 0.4) is 0 Å². The second kappa shape index (κ2) is 7.33. The van der Waals surface area contributed by atoms with Crippen LogP contribution in [-0.2, 0) is 11.0 Å². The first-order valence-corrected chi connectivity index (χ1v) is 10.6. The number of alkyl halides is 3. The molecule has 1 atom stereocenters. The van der Waals surface area contributed by atoms with Gasteiger partial charge in [0.15, 0.2) is 0 Å². The first-order valence-electron chi connectivity index (χ1n) is 9.55. The van der Waals surface area contributed by atoms with Crippen molar-refractivity contribution in [2.45, 2.75) is 44.4 Å². The molecule has 0 radical (unpaired) electrons. The largest absolute Gasteiger partial charge is 0.418 e. The fourth-order valence-electron chi connectivity index (χ4n) is 4.61. The molecular weight excluding hydrogens is 498 g/mol. The van der Waals surface area contributed by atoms with Gasteiger partial charge in [-0.2, -0.15) is 13.2 Å². The molecule has 4 rings (SSSR count). The molecule has 3 aliphatic rings. The SMILES string of the molecule is CC1(O)CC(=O)CC2=C1C(C1CCN(c3cc(I)c(C(F)(F)F)cn3)CC1)=NC2. The lowest BCUT2D eigenvalue weighted by Gasteiger charge is -2.37. The van der Waals surface area contributed by atoms with E-state index in [1.165, 1.54) is 6.07 Å². The van der Waals surface area contributed by atoms with Crippen LogP contribution < -0.4 is 4.90 Å². The van der Waals surface area contributed by atoms with Crippen molar-refractivity contribution in [1.29, 1.82) is 0 Å². The van der Waals surface area contributed by atoms with Crippen molar-refractivity contribution in [2.75, 3.05) is 24.5 Å². The van der Waals surface area contributed by atoms with E-state index in [1.54, 1.807) is 29.5 Å². The molecule has 5 nitrogen and oxygen atoms in total. The molecule has 1 fully saturated rings. The molecule has 0 bridgehead atoms. The van der Waals surface area contributed by atoms with E-state index in [2.05, 4.69) is 9.98 Å². The van der Waals surface area contributed by atoms with Gasteiger partial charge in [0.2, 0.25) is 0 Å². The molecule has 0 spiro atoms. The number of carbonyl (C=O) groups excluding carboxylic acids is 1. The number of ketones is 1. The summed E-state index contributed by atoms with van der Waals surface area (Å²) >= 11 is 1.70. The van der Waals surface area contributed by atoms with Gasteiger partial charge in [-0.25, -0.2) is 4.98 Å². The van der Waals surface area contributed by atoms with Crippen LogP contribution in [0.5, 0.6) is 0 Å². The van der Waals surface area contributed by atoms with Crippen LogP contribution in [0.4, 0.5) is 19.0 Å². The third-order valence-electron chi connectivity index (χ3n) is 5.89. The zero-order chi connectivity index (χ0) is 21.0. The molecule has 2 aliphatic heterocycles. The molecule has 1 aromatic rings. The Kier molecular flexibility index (Phi) is 5.25. The fourth-order valence-corrected chi connectivity index (χ4v) is 5.33. The monoisotopic (exact) mass is 519 g/mol. The van der Waals surface area contributed by atoms with Crippen LogP contribution in [0.25, 0.3) is 0 Å². The van der Waals surface area contributed by atoms with Crippen LogP contribution in [0.15, 0.2) is 28.4 Å². The lowest BCUT2D eigenvalue weighted by molar-refractivity contribution is -0.138. The Morgan fingerprint density at radius 1 is 1.31 bits per heavy atom. The quantitative estimate of drug-likeness (QED) is 0.605. The van der Waals surface area contributed by atoms with Crippen molar-refractivity contribution in [1.82, 2.24) is 4.98 Å². The minimum atomic E-state index is -4.40. The van der Waals surface area contributed by atoms with Crippen LogP contribution in [0.2, 0.25) is 0 Å². The van der Waals surface area contributed by atoms with Crippen LogP contribution in [-0.4, -0.2) is 46.8 Å². The van der Waals surface area contributed by atoms with Gasteiger partial charge in [0.25, 0.3) is 0 Å². The minimum absolute atomic E-state index is 0.0444. The number of nitrogens with zero attached hydrogens (tertiary/aromatic N) is 3. The number of Topliss-reactive ketones (excluding diaryl/α,β-unsaturated/α-hetero) is 1. The van der Waals surface area contributed by atoms with Crippen molar-refractivity contribution in [3.8, 4) is 0 Å². The van der Waals surface area contributed by atoms with E-state index in [1.807, 2.05) is 4.90 Å². The van der Waals surface area contributed by atoms with Gasteiger partial charge in [-0.15, -0.1) is 0 Å². The summed E-state index contributed by atoms with van der Waals surface area (Å²) in [6.07, 6.45) is -1.46. The standard InChI is InChI=1S/C20H21F3IN3O2/c1-19(29)8-13(28)6-12-9-26-18(17(12)19)11-2-4-27(5-3-11)16-7-15(24)14(10-25-16)20(21,22)23/h7,10-11,29H,2-6,8-9H2,1H3. The van der Waals surface area contributed by atoms with Crippen molar-refractivity contribution in [3.05, 3.63) is 32.5 Å². The number of piperidine rings is 1. The van der Waals surface area contributed by atoms with Crippen molar-refractivity contribution in [3.63, 3.8) is 0 Å². The predicted octanol–water partition coefficient (Wildman–Crippen LogP) is 3.79. The molecule has 0 saturated carbocycles. The Bertz CT molecular complexity index is 916. The summed E-state index contributed by atoms with van der Waals surface area (Å²) in [4.78, 5) is 22.6. The lowest BCUT2D eigenvalue weighted by atomic mass is 9.74. The molecule has 0 aromatic carbocycles. The Morgan fingerprint density at radius 2 is 2.00 bits per heavy atom. The van der Waals surface area contributed by atoms with Crippen LogP contribution in [0, 0.1) is 9.49 Å². The van der Waals surface area contributed by atoms with E-state index >= 15 is 0 Å². The first-order chi connectivity index (χ1) is 13.6. The highest BCUT2D eigenvalue weighted by molar-refractivity contribution is 14.1. The van der Waals surface area contributed by atoms with E-state index < -0.39 is 17.3 Å². The maximum absolute atomic E-state index is 13.0. The van der Waals surface area contributed by atoms with Gasteiger partial charge in [0.05, 0.1) is 17.7 Å². The van der Waals surface area contributed by atoms with Crippen LogP contribution in [0.1, 0.15) is 38.2 Å². The predicted molar refractivity (Wildman–Crippen MR) is 111 cm³/mol. The third kappa shape index (κ3) is 3.95. The van der Waals surface area contributed by atoms with E-state index in [0.29, 0.717) is 31.9 Å². The highest BCUT2D eigenvalue weighted by Crippen LogP contribution is 2.40. The summed E-state index contributed by atoms with van der Waals surface area (Å²) in [6.45, 7) is 3.47. The second-order valence-corrected chi connectivity index (χ2v) is 9.29. The minimum Gasteiger partial charge on any atom is -0.385 e. The molecular formula is C20H21F3IN3O2. The molecule has 0 amide bonds. The van der Waals surface area contributed by atoms with Gasteiger partial charge >= 0.3 is 6.18 Å². The topological polar surface area (TPSA) is 65.8 Å². The molecule has 1 N–H and O–H groups in total. The average molecular weight is 519 g/mol. The van der Waals surface area contributed by atoms with E-state index in [4.69, 9.17) is 0 Å². The van der Waals surface area contributed by atoms with Crippen molar-refractivity contribution in [2.24, 2.45) is 10.9 Å².